The topological polar surface area (TPSA) is 47.3 Å². The fourth-order valence-electron chi connectivity index (χ4n) is 2.34. The van der Waals surface area contributed by atoms with Crippen LogP contribution in [0.3, 0.4) is 0 Å². The Morgan fingerprint density at radius 3 is 3.17 bits per heavy atom. The van der Waals surface area contributed by atoms with E-state index in [9.17, 15) is 5.11 Å². The molecule has 94 valence electrons. The molecule has 0 aliphatic heterocycles. The Labute approximate surface area is 106 Å². The monoisotopic (exact) mass is 244 g/mol. The molecule has 0 fully saturated rings. The maximum atomic E-state index is 9.73. The summed E-state index contributed by atoms with van der Waals surface area (Å²) in [6, 6.07) is 5.89. The van der Waals surface area contributed by atoms with Crippen LogP contribution < -0.4 is 4.74 Å². The molecule has 1 heterocycles. The van der Waals surface area contributed by atoms with Crippen LogP contribution >= 0.6 is 0 Å². The first-order chi connectivity index (χ1) is 8.74. The van der Waals surface area contributed by atoms with Crippen molar-refractivity contribution in [1.29, 1.82) is 0 Å². The first-order valence-electron chi connectivity index (χ1n) is 6.14. The molecule has 3 rings (SSSR count). The Bertz CT molecular complexity index is 563. The Morgan fingerprint density at radius 2 is 2.39 bits per heavy atom. The summed E-state index contributed by atoms with van der Waals surface area (Å²) in [5.74, 6) is 1.74. The van der Waals surface area contributed by atoms with Gasteiger partial charge in [-0.15, -0.1) is 0 Å². The van der Waals surface area contributed by atoms with Crippen LogP contribution in [0.15, 0.2) is 30.6 Å². The van der Waals surface area contributed by atoms with Crippen LogP contribution in [0.1, 0.15) is 29.5 Å². The number of aromatic nitrogens is 2. The number of fused-ring (bicyclic) bond motifs is 1. The van der Waals surface area contributed by atoms with Gasteiger partial charge in [0.15, 0.2) is 0 Å². The lowest BCUT2D eigenvalue weighted by molar-refractivity contribution is 0.180. The number of imidazole rings is 1. The van der Waals surface area contributed by atoms with Gasteiger partial charge in [-0.2, -0.15) is 0 Å². The first-order valence-corrected chi connectivity index (χ1v) is 6.14. The van der Waals surface area contributed by atoms with Crippen molar-refractivity contribution in [3.8, 4) is 5.75 Å². The van der Waals surface area contributed by atoms with E-state index in [0.29, 0.717) is 6.61 Å². The molecule has 0 saturated heterocycles. The molecule has 4 heteroatoms. The van der Waals surface area contributed by atoms with Gasteiger partial charge < -0.3 is 14.4 Å². The Hall–Kier alpha value is -1.81. The number of benzene rings is 1. The highest BCUT2D eigenvalue weighted by atomic mass is 16.5. The van der Waals surface area contributed by atoms with E-state index >= 15 is 0 Å². The molecule has 1 atom stereocenters. The van der Waals surface area contributed by atoms with Crippen LogP contribution in [0.25, 0.3) is 0 Å². The molecule has 0 saturated carbocycles. The average molecular weight is 244 g/mol. The lowest BCUT2D eigenvalue weighted by Gasteiger charge is -2.09. The van der Waals surface area contributed by atoms with Gasteiger partial charge in [0.1, 0.15) is 18.2 Å². The van der Waals surface area contributed by atoms with Crippen LogP contribution in [0.5, 0.6) is 5.75 Å². The summed E-state index contributed by atoms with van der Waals surface area (Å²) in [6.07, 6.45) is 5.10. The number of hydrogen-bond donors (Lipinski definition) is 1. The van der Waals surface area contributed by atoms with Gasteiger partial charge in [-0.1, -0.05) is 6.07 Å². The van der Waals surface area contributed by atoms with Crippen molar-refractivity contribution in [3.63, 3.8) is 0 Å². The molecular weight excluding hydrogens is 228 g/mol. The summed E-state index contributed by atoms with van der Waals surface area (Å²) in [7, 11) is 1.95. The van der Waals surface area contributed by atoms with Crippen molar-refractivity contribution in [2.75, 3.05) is 0 Å². The van der Waals surface area contributed by atoms with Crippen molar-refractivity contribution in [3.05, 3.63) is 47.5 Å². The minimum atomic E-state index is -0.302. The number of aliphatic hydroxyl groups is 1. The largest absolute Gasteiger partial charge is 0.486 e. The fraction of sp³-hybridized carbons (Fsp3) is 0.357. The summed E-state index contributed by atoms with van der Waals surface area (Å²) in [5, 5.41) is 9.73. The van der Waals surface area contributed by atoms with Gasteiger partial charge in [-0.25, -0.2) is 4.98 Å². The van der Waals surface area contributed by atoms with Crippen molar-refractivity contribution < 1.29 is 9.84 Å². The summed E-state index contributed by atoms with van der Waals surface area (Å²) in [6.45, 7) is 0.463. The molecule has 1 aliphatic carbocycles. The van der Waals surface area contributed by atoms with Gasteiger partial charge in [0.2, 0.25) is 0 Å². The lowest BCUT2D eigenvalue weighted by atomic mass is 10.1. The zero-order valence-corrected chi connectivity index (χ0v) is 10.3. The van der Waals surface area contributed by atoms with Crippen molar-refractivity contribution in [2.45, 2.75) is 25.6 Å². The van der Waals surface area contributed by atoms with Gasteiger partial charge in [-0.05, 0) is 36.1 Å². The predicted molar refractivity (Wildman–Crippen MR) is 67.3 cm³/mol. The molecule has 1 N–H and O–H groups in total. The minimum absolute atomic E-state index is 0.302. The molecule has 1 aliphatic rings. The smallest absolute Gasteiger partial charge is 0.146 e. The molecule has 0 amide bonds. The SMILES string of the molecule is Cn1ccnc1COc1ccc2c(c1)CC[C@H]2O. The van der Waals surface area contributed by atoms with E-state index in [1.807, 2.05) is 36.0 Å². The van der Waals surface area contributed by atoms with E-state index in [1.165, 1.54) is 5.56 Å². The van der Waals surface area contributed by atoms with Crippen LogP contribution in [0.4, 0.5) is 0 Å². The van der Waals surface area contributed by atoms with Gasteiger partial charge in [0.25, 0.3) is 0 Å². The highest BCUT2D eigenvalue weighted by Crippen LogP contribution is 2.33. The van der Waals surface area contributed by atoms with E-state index in [0.717, 1.165) is 30.0 Å². The number of nitrogens with zero attached hydrogens (tertiary/aromatic N) is 2. The Kier molecular flexibility index (Phi) is 2.80. The second kappa shape index (κ2) is 4.46. The second-order valence-corrected chi connectivity index (χ2v) is 4.66. The summed E-state index contributed by atoms with van der Waals surface area (Å²) in [4.78, 5) is 4.21. The molecule has 0 bridgehead atoms. The van der Waals surface area contributed by atoms with Crippen LogP contribution in [0.2, 0.25) is 0 Å². The van der Waals surface area contributed by atoms with Crippen LogP contribution in [-0.2, 0) is 20.1 Å². The zero-order chi connectivity index (χ0) is 12.5. The van der Waals surface area contributed by atoms with Crippen LogP contribution in [0, 0.1) is 0 Å². The maximum absolute atomic E-state index is 9.73. The average Bonchev–Trinajstić information content (AvgIpc) is 2.94. The van der Waals surface area contributed by atoms with Gasteiger partial charge in [0.05, 0.1) is 6.10 Å². The first kappa shape index (κ1) is 11.3. The van der Waals surface area contributed by atoms with Crippen molar-refractivity contribution >= 4 is 0 Å². The van der Waals surface area contributed by atoms with Gasteiger partial charge in [-0.3, -0.25) is 0 Å². The predicted octanol–water partition coefficient (Wildman–Crippen LogP) is 1.98. The molecule has 4 nitrogen and oxygen atoms in total. The molecule has 0 spiro atoms. The molecule has 1 aromatic carbocycles. The normalized spacial score (nSPS) is 17.8. The molecule has 0 radical (unpaired) electrons. The molecule has 2 aromatic rings. The van der Waals surface area contributed by atoms with Crippen molar-refractivity contribution in [2.24, 2.45) is 7.05 Å². The standard InChI is InChI=1S/C14H16N2O2/c1-16-7-6-15-14(16)9-18-11-3-4-12-10(8-11)2-5-13(12)17/h3-4,6-8,13,17H,2,5,9H2,1H3/t13-/m1/s1. The van der Waals surface area contributed by atoms with E-state index in [2.05, 4.69) is 4.98 Å². The quantitative estimate of drug-likeness (QED) is 0.898. The highest BCUT2D eigenvalue weighted by Gasteiger charge is 2.20. The van der Waals surface area contributed by atoms with Crippen molar-refractivity contribution in [1.82, 2.24) is 9.55 Å². The molecule has 0 unspecified atom stereocenters. The third-order valence-electron chi connectivity index (χ3n) is 3.45. The lowest BCUT2D eigenvalue weighted by Crippen LogP contribution is -2.03. The van der Waals surface area contributed by atoms with E-state index in [1.54, 1.807) is 6.20 Å². The molecular formula is C14H16N2O2. The van der Waals surface area contributed by atoms with Gasteiger partial charge in [0, 0.05) is 19.4 Å². The summed E-state index contributed by atoms with van der Waals surface area (Å²) < 4.78 is 7.67. The van der Waals surface area contributed by atoms with Gasteiger partial charge >= 0.3 is 0 Å². The highest BCUT2D eigenvalue weighted by molar-refractivity contribution is 5.39. The molecule has 1 aromatic heterocycles. The minimum Gasteiger partial charge on any atom is -0.486 e. The summed E-state index contributed by atoms with van der Waals surface area (Å²) >= 11 is 0. The molecule has 18 heavy (non-hydrogen) atoms. The fourth-order valence-corrected chi connectivity index (χ4v) is 2.34. The van der Waals surface area contributed by atoms with Crippen LogP contribution in [-0.4, -0.2) is 14.7 Å². The number of hydrogen-bond acceptors (Lipinski definition) is 3. The Morgan fingerprint density at radius 1 is 1.50 bits per heavy atom. The number of aliphatic hydroxyl groups excluding tert-OH is 1. The second-order valence-electron chi connectivity index (χ2n) is 4.66. The van der Waals surface area contributed by atoms with E-state index in [-0.39, 0.29) is 6.10 Å². The van der Waals surface area contributed by atoms with E-state index < -0.39 is 0 Å². The maximum Gasteiger partial charge on any atom is 0.146 e. The third kappa shape index (κ3) is 1.99. The zero-order valence-electron chi connectivity index (χ0n) is 10.3. The summed E-state index contributed by atoms with van der Waals surface area (Å²) in [5.41, 5.74) is 2.24. The third-order valence-corrected chi connectivity index (χ3v) is 3.45. The van der Waals surface area contributed by atoms with E-state index in [4.69, 9.17) is 4.74 Å². The number of ether oxygens (including phenoxy) is 1. The Balaban J connectivity index is 1.73. The number of rotatable bonds is 3. The number of aryl methyl sites for hydroxylation is 2.